The van der Waals surface area contributed by atoms with Crippen LogP contribution in [0.3, 0.4) is 0 Å². The van der Waals surface area contributed by atoms with E-state index in [1.807, 2.05) is 18.2 Å². The van der Waals surface area contributed by atoms with E-state index in [0.29, 0.717) is 29.2 Å². The van der Waals surface area contributed by atoms with Crippen molar-refractivity contribution in [2.75, 3.05) is 16.8 Å². The third-order valence-electron chi connectivity index (χ3n) is 4.14. The molecule has 2 N–H and O–H groups in total. The van der Waals surface area contributed by atoms with E-state index >= 15 is 0 Å². The monoisotopic (exact) mass is 333 g/mol. The number of pyridine rings is 1. The lowest BCUT2D eigenvalue weighted by atomic mass is 9.99. The van der Waals surface area contributed by atoms with Gasteiger partial charge in [0.15, 0.2) is 0 Å². The number of amides is 1. The van der Waals surface area contributed by atoms with Gasteiger partial charge in [0, 0.05) is 30.1 Å². The summed E-state index contributed by atoms with van der Waals surface area (Å²) in [6.07, 6.45) is 4.90. The summed E-state index contributed by atoms with van der Waals surface area (Å²) in [4.78, 5) is 18.2. The molecule has 2 aromatic rings. The number of carbonyl (C=O) groups excluding carboxylic acids is 1. The van der Waals surface area contributed by atoms with Crippen LogP contribution >= 0.6 is 11.3 Å². The van der Waals surface area contributed by atoms with E-state index in [9.17, 15) is 9.35 Å². The van der Waals surface area contributed by atoms with Crippen molar-refractivity contribution >= 4 is 34.1 Å². The van der Waals surface area contributed by atoms with Crippen molar-refractivity contribution in [3.63, 3.8) is 0 Å². The van der Waals surface area contributed by atoms with E-state index in [0.717, 1.165) is 16.1 Å². The van der Waals surface area contributed by atoms with Gasteiger partial charge in [-0.05, 0) is 23.8 Å². The fourth-order valence-electron chi connectivity index (χ4n) is 2.93. The van der Waals surface area contributed by atoms with Crippen LogP contribution in [0, 0.1) is 0 Å². The van der Waals surface area contributed by atoms with Crippen molar-refractivity contribution in [3.05, 3.63) is 35.5 Å². The predicted octanol–water partition coefficient (Wildman–Crippen LogP) is 2.20. The Bertz CT molecular complexity index is 709. The molecular weight excluding hydrogens is 318 g/mol. The molecule has 2 aromatic heterocycles. The Kier molecular flexibility index (Phi) is 3.36. The molecule has 0 unspecified atom stereocenters. The minimum Gasteiger partial charge on any atom is -0.616 e. The highest BCUT2D eigenvalue weighted by Gasteiger charge is 2.42. The molecule has 4 rings (SSSR count). The molecule has 1 fully saturated rings. The molecule has 0 aliphatic carbocycles. The van der Waals surface area contributed by atoms with Crippen LogP contribution in [0.25, 0.3) is 10.4 Å². The average Bonchev–Trinajstić information content (AvgIpc) is 2.96. The van der Waals surface area contributed by atoms with Crippen LogP contribution < -0.4 is 10.6 Å². The maximum atomic E-state index is 12.5. The largest absolute Gasteiger partial charge is 0.616 e. The first-order valence-electron chi connectivity index (χ1n) is 7.15. The quantitative estimate of drug-likeness (QED) is 0.785. The predicted molar refractivity (Wildman–Crippen MR) is 88.5 cm³/mol. The number of rotatable bonds is 1. The summed E-state index contributed by atoms with van der Waals surface area (Å²) in [6, 6.07) is 5.91. The second-order valence-corrected chi connectivity index (χ2v) is 8.35. The molecule has 4 heterocycles. The third kappa shape index (κ3) is 2.39. The standard InChI is InChI=1S/C15H15N3O2S2/c19-14-13-11(9-12(21-13)10-1-5-16-6-2-10)17-15(18-14)3-7-22(20)8-4-15/h1-2,5-6,9,17H,3-4,7-8H2,(H,18,19). The van der Waals surface area contributed by atoms with Crippen molar-refractivity contribution < 1.29 is 9.35 Å². The summed E-state index contributed by atoms with van der Waals surface area (Å²) in [5.41, 5.74) is 1.50. The molecule has 114 valence electrons. The summed E-state index contributed by atoms with van der Waals surface area (Å²) in [6.45, 7) is 0. The van der Waals surface area contributed by atoms with Crippen molar-refractivity contribution in [2.45, 2.75) is 18.5 Å². The molecule has 0 radical (unpaired) electrons. The molecular formula is C15H15N3O2S2. The Hall–Kier alpha value is -1.57. The fraction of sp³-hybridized carbons (Fsp3) is 0.333. The van der Waals surface area contributed by atoms with Gasteiger partial charge in [0.25, 0.3) is 5.91 Å². The smallest absolute Gasteiger partial charge is 0.265 e. The molecule has 2 aliphatic rings. The molecule has 5 nitrogen and oxygen atoms in total. The fourth-order valence-corrected chi connectivity index (χ4v) is 5.30. The van der Waals surface area contributed by atoms with Gasteiger partial charge in [0.05, 0.1) is 5.69 Å². The van der Waals surface area contributed by atoms with Crippen LogP contribution in [0.2, 0.25) is 0 Å². The van der Waals surface area contributed by atoms with Gasteiger partial charge < -0.3 is 15.2 Å². The van der Waals surface area contributed by atoms with Gasteiger partial charge in [-0.15, -0.1) is 11.3 Å². The molecule has 1 amide bonds. The van der Waals surface area contributed by atoms with Crippen molar-refractivity contribution in [1.82, 2.24) is 10.3 Å². The molecule has 2 aliphatic heterocycles. The van der Waals surface area contributed by atoms with Gasteiger partial charge in [-0.1, -0.05) is 11.2 Å². The number of aromatic nitrogens is 1. The summed E-state index contributed by atoms with van der Waals surface area (Å²) >= 11 is 0.725. The van der Waals surface area contributed by atoms with E-state index in [2.05, 4.69) is 15.6 Å². The minimum absolute atomic E-state index is 0.0354. The average molecular weight is 333 g/mol. The van der Waals surface area contributed by atoms with Gasteiger partial charge in [-0.3, -0.25) is 9.78 Å². The van der Waals surface area contributed by atoms with Crippen LogP contribution in [0.4, 0.5) is 5.69 Å². The maximum Gasteiger partial charge on any atom is 0.265 e. The molecule has 7 heteroatoms. The van der Waals surface area contributed by atoms with E-state index in [1.165, 1.54) is 11.3 Å². The Morgan fingerprint density at radius 1 is 1.23 bits per heavy atom. The Morgan fingerprint density at radius 2 is 1.95 bits per heavy atom. The zero-order valence-electron chi connectivity index (χ0n) is 11.8. The first kappa shape index (κ1) is 14.0. The third-order valence-corrected chi connectivity index (χ3v) is 6.64. The molecule has 1 saturated heterocycles. The lowest BCUT2D eigenvalue weighted by Gasteiger charge is -2.41. The number of anilines is 1. The zero-order chi connectivity index (χ0) is 15.2. The van der Waals surface area contributed by atoms with Gasteiger partial charge in [0.1, 0.15) is 22.0 Å². The van der Waals surface area contributed by atoms with E-state index in [-0.39, 0.29) is 5.91 Å². The lowest BCUT2D eigenvalue weighted by Crippen LogP contribution is -2.60. The van der Waals surface area contributed by atoms with Crippen molar-refractivity contribution in [1.29, 1.82) is 0 Å². The highest BCUT2D eigenvalue weighted by molar-refractivity contribution is 7.91. The number of nitrogens with zero attached hydrogens (tertiary/aromatic N) is 1. The van der Waals surface area contributed by atoms with Crippen molar-refractivity contribution in [3.8, 4) is 10.4 Å². The van der Waals surface area contributed by atoms with E-state index < -0.39 is 16.8 Å². The number of carbonyl (C=O) groups is 1. The van der Waals surface area contributed by atoms with Gasteiger partial charge >= 0.3 is 0 Å². The van der Waals surface area contributed by atoms with Crippen LogP contribution in [-0.4, -0.2) is 32.6 Å². The van der Waals surface area contributed by atoms with E-state index in [1.54, 1.807) is 12.4 Å². The molecule has 0 aromatic carbocycles. The van der Waals surface area contributed by atoms with Gasteiger partial charge in [-0.2, -0.15) is 0 Å². The number of nitrogens with one attached hydrogen (secondary N) is 2. The Morgan fingerprint density at radius 3 is 2.68 bits per heavy atom. The first-order chi connectivity index (χ1) is 10.7. The summed E-state index contributed by atoms with van der Waals surface area (Å²) in [5.74, 6) is 1.22. The number of fused-ring (bicyclic) bond motifs is 1. The van der Waals surface area contributed by atoms with Crippen molar-refractivity contribution in [2.24, 2.45) is 0 Å². The first-order valence-corrected chi connectivity index (χ1v) is 9.46. The molecule has 0 saturated carbocycles. The second-order valence-electron chi connectivity index (χ2n) is 5.60. The minimum atomic E-state index is -0.757. The molecule has 1 spiro atoms. The molecule has 0 atom stereocenters. The maximum absolute atomic E-state index is 12.5. The molecule has 0 bridgehead atoms. The van der Waals surface area contributed by atoms with Gasteiger partial charge in [0.2, 0.25) is 0 Å². The van der Waals surface area contributed by atoms with Crippen LogP contribution in [0.1, 0.15) is 22.5 Å². The summed E-state index contributed by atoms with van der Waals surface area (Å²) in [5, 5.41) is 6.57. The summed E-state index contributed by atoms with van der Waals surface area (Å²) in [7, 11) is 0. The number of hydrogen-bond donors (Lipinski definition) is 2. The van der Waals surface area contributed by atoms with E-state index in [4.69, 9.17) is 0 Å². The lowest BCUT2D eigenvalue weighted by molar-refractivity contribution is 0.0898. The van der Waals surface area contributed by atoms with Gasteiger partial charge in [-0.25, -0.2) is 0 Å². The molecule has 22 heavy (non-hydrogen) atoms. The summed E-state index contributed by atoms with van der Waals surface area (Å²) < 4.78 is 11.6. The Labute approximate surface area is 135 Å². The second kappa shape index (κ2) is 5.26. The number of hydrogen-bond acceptors (Lipinski definition) is 5. The zero-order valence-corrected chi connectivity index (χ0v) is 13.4. The highest BCUT2D eigenvalue weighted by Crippen LogP contribution is 2.40. The van der Waals surface area contributed by atoms with Crippen LogP contribution in [0.15, 0.2) is 30.6 Å². The topological polar surface area (TPSA) is 77.1 Å². The van der Waals surface area contributed by atoms with Crippen LogP contribution in [0.5, 0.6) is 0 Å². The SMILES string of the molecule is O=C1NC2(CC[S+]([O-])CC2)Nc2cc(-c3ccncc3)sc21. The number of thiophene rings is 1. The highest BCUT2D eigenvalue weighted by atomic mass is 32.2. The van der Waals surface area contributed by atoms with Crippen LogP contribution in [-0.2, 0) is 11.2 Å². The Balaban J connectivity index is 1.67. The normalized spacial score (nSPS) is 27.1.